The number of carbonyl (C=O) groups excluding carboxylic acids is 1. The molecule has 164 valence electrons. The highest BCUT2D eigenvalue weighted by molar-refractivity contribution is 6.30. The number of ketones is 1. The van der Waals surface area contributed by atoms with Crippen LogP contribution in [0.3, 0.4) is 0 Å². The number of Topliss-reactive ketones (excluding diaryl/α,β-unsaturated/α-hetero) is 1. The van der Waals surface area contributed by atoms with Gasteiger partial charge < -0.3 is 9.88 Å². The van der Waals surface area contributed by atoms with E-state index in [2.05, 4.69) is 50.2 Å². The van der Waals surface area contributed by atoms with E-state index >= 15 is 0 Å². The summed E-state index contributed by atoms with van der Waals surface area (Å²) in [6.07, 6.45) is 8.34. The molecule has 6 heteroatoms. The number of fused-ring (bicyclic) bond motifs is 4. The fourth-order valence-electron chi connectivity index (χ4n) is 5.43. The Kier molecular flexibility index (Phi) is 4.80. The smallest absolute Gasteiger partial charge is 0.155 e. The Bertz CT molecular complexity index is 1350. The van der Waals surface area contributed by atoms with E-state index in [1.807, 2.05) is 42.7 Å². The molecule has 6 rings (SSSR count). The number of nitrogens with one attached hydrogen (secondary N) is 1. The molecule has 1 N–H and O–H groups in total. The van der Waals surface area contributed by atoms with E-state index in [0.717, 1.165) is 41.2 Å². The molecule has 0 amide bonds. The molecule has 2 unspecified atom stereocenters. The molecule has 33 heavy (non-hydrogen) atoms. The molecule has 0 saturated heterocycles. The van der Waals surface area contributed by atoms with E-state index < -0.39 is 5.54 Å². The number of aromatic nitrogens is 3. The lowest BCUT2D eigenvalue weighted by Crippen LogP contribution is -2.37. The Morgan fingerprint density at radius 2 is 1.91 bits per heavy atom. The molecule has 2 aromatic heterocycles. The number of halogens is 1. The summed E-state index contributed by atoms with van der Waals surface area (Å²) in [6.45, 7) is 0. The van der Waals surface area contributed by atoms with E-state index in [-0.39, 0.29) is 11.8 Å². The zero-order valence-corrected chi connectivity index (χ0v) is 18.8. The van der Waals surface area contributed by atoms with Gasteiger partial charge in [-0.25, -0.2) is 4.98 Å². The molecule has 5 nitrogen and oxygen atoms in total. The third-order valence-corrected chi connectivity index (χ3v) is 7.25. The second kappa shape index (κ2) is 7.85. The summed E-state index contributed by atoms with van der Waals surface area (Å²) >= 11 is 6.23. The van der Waals surface area contributed by atoms with Crippen molar-refractivity contribution < 1.29 is 4.79 Å². The van der Waals surface area contributed by atoms with Crippen LogP contribution in [0.2, 0.25) is 5.02 Å². The molecule has 2 atom stereocenters. The number of anilines is 1. The lowest BCUT2D eigenvalue weighted by molar-refractivity contribution is -0.120. The molecule has 0 saturated carbocycles. The third kappa shape index (κ3) is 3.18. The normalized spacial score (nSPS) is 20.5. The Morgan fingerprint density at radius 3 is 2.79 bits per heavy atom. The minimum absolute atomic E-state index is 0.192. The number of carbonyl (C=O) groups is 1. The predicted octanol–water partition coefficient (Wildman–Crippen LogP) is 5.48. The first-order valence-electron chi connectivity index (χ1n) is 11.3. The van der Waals surface area contributed by atoms with Crippen molar-refractivity contribution in [1.82, 2.24) is 14.5 Å². The van der Waals surface area contributed by atoms with Crippen LogP contribution in [-0.4, -0.2) is 26.4 Å². The topological polar surface area (TPSA) is 59.8 Å². The number of aryl methyl sites for hydroxylation is 1. The van der Waals surface area contributed by atoms with Crippen molar-refractivity contribution in [2.45, 2.75) is 37.3 Å². The van der Waals surface area contributed by atoms with E-state index in [4.69, 9.17) is 11.6 Å². The highest BCUT2D eigenvalue weighted by Gasteiger charge is 2.45. The van der Waals surface area contributed by atoms with Crippen molar-refractivity contribution in [2.75, 3.05) is 5.32 Å². The van der Waals surface area contributed by atoms with Crippen molar-refractivity contribution in [1.29, 1.82) is 0 Å². The maximum atomic E-state index is 13.4. The largest absolute Gasteiger partial charge is 0.374 e. The van der Waals surface area contributed by atoms with Gasteiger partial charge in [-0.05, 0) is 54.7 Å². The van der Waals surface area contributed by atoms with Crippen molar-refractivity contribution in [3.05, 3.63) is 101 Å². The molecule has 2 aromatic carbocycles. The van der Waals surface area contributed by atoms with E-state index in [1.54, 1.807) is 6.20 Å². The fourth-order valence-corrected chi connectivity index (χ4v) is 5.55. The van der Waals surface area contributed by atoms with Gasteiger partial charge in [0.1, 0.15) is 5.82 Å². The molecule has 0 spiro atoms. The summed E-state index contributed by atoms with van der Waals surface area (Å²) in [7, 11) is 0. The zero-order valence-electron chi connectivity index (χ0n) is 18.0. The van der Waals surface area contributed by atoms with Crippen LogP contribution in [0.5, 0.6) is 0 Å². The number of benzene rings is 2. The molecule has 0 radical (unpaired) electrons. The molecule has 2 aliphatic heterocycles. The van der Waals surface area contributed by atoms with Gasteiger partial charge in [0.2, 0.25) is 0 Å². The highest BCUT2D eigenvalue weighted by Crippen LogP contribution is 2.49. The summed E-state index contributed by atoms with van der Waals surface area (Å²) in [4.78, 5) is 22.5. The van der Waals surface area contributed by atoms with Crippen molar-refractivity contribution in [3.63, 3.8) is 0 Å². The van der Waals surface area contributed by atoms with Crippen LogP contribution < -0.4 is 5.32 Å². The van der Waals surface area contributed by atoms with Crippen molar-refractivity contribution >= 4 is 23.1 Å². The fraction of sp³-hybridized carbons (Fsp3) is 0.222. The lowest BCUT2D eigenvalue weighted by Gasteiger charge is -2.34. The van der Waals surface area contributed by atoms with Crippen LogP contribution in [0.25, 0.3) is 11.4 Å². The maximum Gasteiger partial charge on any atom is 0.155 e. The second-order valence-corrected chi connectivity index (χ2v) is 9.17. The standard InChI is InChI=1S/C27H23ClN4O/c28-19-9-7-18(8-10-19)27(21-5-2-1-4-20(21)26-30-16-17-32(26)27)14-13-25(33)24-12-11-22-23(31-24)6-3-15-29-22/h1-10,15-17,24,31H,11-14H2. The number of hydrogen-bond donors (Lipinski definition) is 1. The van der Waals surface area contributed by atoms with Crippen LogP contribution in [0.4, 0.5) is 5.69 Å². The van der Waals surface area contributed by atoms with E-state index in [9.17, 15) is 4.79 Å². The number of imidazole rings is 1. The van der Waals surface area contributed by atoms with Crippen molar-refractivity contribution in [3.8, 4) is 11.4 Å². The average Bonchev–Trinajstić information content (AvgIpc) is 3.44. The molecule has 0 fully saturated rings. The van der Waals surface area contributed by atoms with E-state index in [1.165, 1.54) is 5.56 Å². The maximum absolute atomic E-state index is 13.4. The van der Waals surface area contributed by atoms with Gasteiger partial charge in [0.05, 0.1) is 23.0 Å². The monoisotopic (exact) mass is 454 g/mol. The molecular formula is C27H23ClN4O. The summed E-state index contributed by atoms with van der Waals surface area (Å²) in [5.74, 6) is 1.16. The molecule has 2 aliphatic rings. The van der Waals surface area contributed by atoms with Crippen LogP contribution in [0.1, 0.15) is 36.1 Å². The molecular weight excluding hydrogens is 432 g/mol. The summed E-state index contributed by atoms with van der Waals surface area (Å²) in [5, 5.41) is 4.11. The predicted molar refractivity (Wildman–Crippen MR) is 130 cm³/mol. The Hall–Kier alpha value is -3.44. The second-order valence-electron chi connectivity index (χ2n) is 8.73. The minimum Gasteiger partial charge on any atom is -0.374 e. The summed E-state index contributed by atoms with van der Waals surface area (Å²) in [5.41, 5.74) is 4.89. The number of nitrogens with zero attached hydrogens (tertiary/aromatic N) is 3. The minimum atomic E-state index is -0.503. The molecule has 0 aliphatic carbocycles. The van der Waals surface area contributed by atoms with Gasteiger partial charge in [-0.2, -0.15) is 0 Å². The molecule has 4 heterocycles. The first-order valence-corrected chi connectivity index (χ1v) is 11.7. The highest BCUT2D eigenvalue weighted by atomic mass is 35.5. The first-order chi connectivity index (χ1) is 16.2. The summed E-state index contributed by atoms with van der Waals surface area (Å²) < 4.78 is 2.22. The van der Waals surface area contributed by atoms with Gasteiger partial charge in [0.15, 0.2) is 5.78 Å². The zero-order chi connectivity index (χ0) is 22.4. The Balaban J connectivity index is 1.36. The Labute approximate surface area is 197 Å². The SMILES string of the molecule is O=C(CCC1(c2ccc(Cl)cc2)c2ccccc2-c2nccn21)C1CCc2ncccc2N1. The van der Waals surface area contributed by atoms with Gasteiger partial charge in [0.25, 0.3) is 0 Å². The van der Waals surface area contributed by atoms with Gasteiger partial charge in [-0.15, -0.1) is 0 Å². The van der Waals surface area contributed by atoms with Gasteiger partial charge in [0, 0.05) is 35.6 Å². The summed E-state index contributed by atoms with van der Waals surface area (Å²) in [6, 6.07) is 20.1. The van der Waals surface area contributed by atoms with Gasteiger partial charge in [-0.3, -0.25) is 9.78 Å². The average molecular weight is 455 g/mol. The quantitative estimate of drug-likeness (QED) is 0.433. The molecule has 4 aromatic rings. The molecule has 0 bridgehead atoms. The van der Waals surface area contributed by atoms with Crippen molar-refractivity contribution in [2.24, 2.45) is 0 Å². The van der Waals surface area contributed by atoms with Crippen LogP contribution in [-0.2, 0) is 16.8 Å². The third-order valence-electron chi connectivity index (χ3n) is 7.00. The van der Waals surface area contributed by atoms with Crippen LogP contribution >= 0.6 is 11.6 Å². The van der Waals surface area contributed by atoms with Gasteiger partial charge in [-0.1, -0.05) is 48.0 Å². The number of hydrogen-bond acceptors (Lipinski definition) is 4. The number of pyridine rings is 1. The van der Waals surface area contributed by atoms with Gasteiger partial charge >= 0.3 is 0 Å². The Morgan fingerprint density at radius 1 is 1.06 bits per heavy atom. The van der Waals surface area contributed by atoms with E-state index in [0.29, 0.717) is 17.9 Å². The first kappa shape index (κ1) is 20.2. The van der Waals surface area contributed by atoms with Crippen LogP contribution in [0.15, 0.2) is 79.3 Å². The number of rotatable bonds is 5. The lowest BCUT2D eigenvalue weighted by atomic mass is 9.78. The van der Waals surface area contributed by atoms with Crippen LogP contribution in [0, 0.1) is 0 Å².